The summed E-state index contributed by atoms with van der Waals surface area (Å²) in [5.74, 6) is 0.893. The molecule has 0 spiro atoms. The highest BCUT2D eigenvalue weighted by Gasteiger charge is 2.14. The van der Waals surface area contributed by atoms with Gasteiger partial charge in [0.1, 0.15) is 6.04 Å². The van der Waals surface area contributed by atoms with Crippen molar-refractivity contribution in [1.82, 2.24) is 9.78 Å². The Labute approximate surface area is 128 Å². The Bertz CT molecular complexity index is 571. The number of thioether (sulfide) groups is 1. The minimum Gasteiger partial charge on any atom is -0.465 e. The third-order valence-electron chi connectivity index (χ3n) is 2.80. The number of nitrogens with zero attached hydrogens (tertiary/aromatic N) is 2. The zero-order valence-corrected chi connectivity index (χ0v) is 12.8. The number of hydrogen-bond donors (Lipinski definition) is 1. The molecule has 1 atom stereocenters. The topological polar surface area (TPSA) is 70.1 Å². The van der Waals surface area contributed by atoms with E-state index < -0.39 is 6.04 Å². The molecule has 1 aromatic heterocycles. The van der Waals surface area contributed by atoms with Crippen molar-refractivity contribution in [1.29, 1.82) is 0 Å². The van der Waals surface area contributed by atoms with Gasteiger partial charge in [-0.1, -0.05) is 18.2 Å². The van der Waals surface area contributed by atoms with Gasteiger partial charge in [-0.2, -0.15) is 16.9 Å². The predicted molar refractivity (Wildman–Crippen MR) is 84.3 cm³/mol. The molecule has 0 amide bonds. The van der Waals surface area contributed by atoms with Crippen LogP contribution in [0.15, 0.2) is 42.6 Å². The van der Waals surface area contributed by atoms with E-state index in [0.717, 1.165) is 11.4 Å². The Morgan fingerprint density at radius 2 is 2.14 bits per heavy atom. The lowest BCUT2D eigenvalue weighted by atomic mass is 10.3. The van der Waals surface area contributed by atoms with E-state index >= 15 is 0 Å². The van der Waals surface area contributed by atoms with Crippen LogP contribution in [0.5, 0.6) is 0 Å². The van der Waals surface area contributed by atoms with Gasteiger partial charge in [0, 0.05) is 17.7 Å². The summed E-state index contributed by atoms with van der Waals surface area (Å²) in [5.41, 5.74) is 7.73. The smallest absolute Gasteiger partial charge is 0.323 e. The van der Waals surface area contributed by atoms with Crippen LogP contribution in [0.2, 0.25) is 0 Å². The first-order valence-electron chi connectivity index (χ1n) is 6.80. The van der Waals surface area contributed by atoms with E-state index in [9.17, 15) is 4.79 Å². The van der Waals surface area contributed by atoms with Crippen LogP contribution in [0.25, 0.3) is 5.69 Å². The SMILES string of the molecule is CCOC(=O)C(N)CSCc1ccn(-c2ccccc2)n1. The minimum absolute atomic E-state index is 0.347. The van der Waals surface area contributed by atoms with Gasteiger partial charge in [-0.3, -0.25) is 4.79 Å². The van der Waals surface area contributed by atoms with Crippen LogP contribution in [0, 0.1) is 0 Å². The Kier molecular flexibility index (Phi) is 5.83. The highest BCUT2D eigenvalue weighted by Crippen LogP contribution is 2.13. The molecule has 0 bridgehead atoms. The number of carbonyl (C=O) groups excluding carboxylic acids is 1. The maximum Gasteiger partial charge on any atom is 0.323 e. The molecule has 1 unspecified atom stereocenters. The van der Waals surface area contributed by atoms with Crippen LogP contribution in [-0.2, 0) is 15.3 Å². The van der Waals surface area contributed by atoms with Crippen LogP contribution < -0.4 is 5.73 Å². The van der Waals surface area contributed by atoms with Gasteiger partial charge in [0.25, 0.3) is 0 Å². The number of rotatable bonds is 7. The summed E-state index contributed by atoms with van der Waals surface area (Å²) in [6.07, 6.45) is 1.93. The van der Waals surface area contributed by atoms with E-state index in [2.05, 4.69) is 5.10 Å². The average molecular weight is 305 g/mol. The molecule has 0 saturated heterocycles. The number of benzene rings is 1. The Morgan fingerprint density at radius 3 is 2.86 bits per heavy atom. The molecule has 1 heterocycles. The number of aromatic nitrogens is 2. The fourth-order valence-electron chi connectivity index (χ4n) is 1.77. The monoisotopic (exact) mass is 305 g/mol. The van der Waals surface area contributed by atoms with Crippen LogP contribution >= 0.6 is 11.8 Å². The maximum absolute atomic E-state index is 11.4. The lowest BCUT2D eigenvalue weighted by Gasteiger charge is -2.09. The molecule has 0 fully saturated rings. The zero-order chi connectivity index (χ0) is 15.1. The van der Waals surface area contributed by atoms with Crippen molar-refractivity contribution in [3.8, 4) is 5.69 Å². The van der Waals surface area contributed by atoms with Crippen molar-refractivity contribution < 1.29 is 9.53 Å². The quantitative estimate of drug-likeness (QED) is 0.792. The minimum atomic E-state index is -0.578. The fourth-order valence-corrected chi connectivity index (χ4v) is 2.64. The molecule has 0 radical (unpaired) electrons. The van der Waals surface area contributed by atoms with E-state index in [4.69, 9.17) is 10.5 Å². The molecule has 2 N–H and O–H groups in total. The van der Waals surface area contributed by atoms with Gasteiger partial charge >= 0.3 is 5.97 Å². The lowest BCUT2D eigenvalue weighted by molar-refractivity contribution is -0.144. The number of carbonyl (C=O) groups is 1. The van der Waals surface area contributed by atoms with Crippen molar-refractivity contribution in [2.45, 2.75) is 18.7 Å². The van der Waals surface area contributed by atoms with Crippen LogP contribution in [0.3, 0.4) is 0 Å². The van der Waals surface area contributed by atoms with Gasteiger partial charge in [-0.05, 0) is 25.1 Å². The van der Waals surface area contributed by atoms with Crippen LogP contribution in [0.1, 0.15) is 12.6 Å². The standard InChI is InChI=1S/C15H19N3O2S/c1-2-20-15(19)14(16)11-21-10-12-8-9-18(17-12)13-6-4-3-5-7-13/h3-9,14H,2,10-11,16H2,1H3. The first-order chi connectivity index (χ1) is 10.2. The van der Waals surface area contributed by atoms with Gasteiger partial charge in [-0.25, -0.2) is 4.68 Å². The number of hydrogen-bond acceptors (Lipinski definition) is 5. The molecule has 21 heavy (non-hydrogen) atoms. The normalized spacial score (nSPS) is 12.1. The Balaban J connectivity index is 1.82. The molecule has 0 aliphatic carbocycles. The molecule has 0 aliphatic rings. The van der Waals surface area contributed by atoms with E-state index in [1.54, 1.807) is 18.7 Å². The van der Waals surface area contributed by atoms with Gasteiger partial charge in [0.15, 0.2) is 0 Å². The second kappa shape index (κ2) is 7.85. The van der Waals surface area contributed by atoms with Crippen molar-refractivity contribution >= 4 is 17.7 Å². The molecular weight excluding hydrogens is 286 g/mol. The third-order valence-corrected chi connectivity index (χ3v) is 3.90. The lowest BCUT2D eigenvalue weighted by Crippen LogP contribution is -2.34. The fraction of sp³-hybridized carbons (Fsp3) is 0.333. The molecule has 6 heteroatoms. The maximum atomic E-state index is 11.4. The molecule has 112 valence electrons. The highest BCUT2D eigenvalue weighted by atomic mass is 32.2. The van der Waals surface area contributed by atoms with Gasteiger partial charge in [-0.15, -0.1) is 0 Å². The number of ether oxygens (including phenoxy) is 1. The van der Waals surface area contributed by atoms with Crippen molar-refractivity contribution in [3.05, 3.63) is 48.3 Å². The molecule has 5 nitrogen and oxygen atoms in total. The average Bonchev–Trinajstić information content (AvgIpc) is 2.97. The largest absolute Gasteiger partial charge is 0.465 e. The molecule has 1 aromatic carbocycles. The van der Waals surface area contributed by atoms with E-state index in [-0.39, 0.29) is 5.97 Å². The summed E-state index contributed by atoms with van der Waals surface area (Å²) in [6.45, 7) is 2.13. The molecule has 0 saturated carbocycles. The summed E-state index contributed by atoms with van der Waals surface area (Å²) in [4.78, 5) is 11.4. The number of nitrogens with two attached hydrogens (primary N) is 1. The summed E-state index contributed by atoms with van der Waals surface area (Å²) in [5, 5.41) is 4.50. The summed E-state index contributed by atoms with van der Waals surface area (Å²) in [7, 11) is 0. The Morgan fingerprint density at radius 1 is 1.38 bits per heavy atom. The predicted octanol–water partition coefficient (Wildman–Crippen LogP) is 2.00. The summed E-state index contributed by atoms with van der Waals surface area (Å²) >= 11 is 1.58. The second-order valence-electron chi connectivity index (χ2n) is 4.46. The van der Waals surface area contributed by atoms with Crippen LogP contribution in [-0.4, -0.2) is 34.2 Å². The van der Waals surface area contributed by atoms with Crippen molar-refractivity contribution in [2.75, 3.05) is 12.4 Å². The highest BCUT2D eigenvalue weighted by molar-refractivity contribution is 7.98. The molecular formula is C15H19N3O2S. The zero-order valence-electron chi connectivity index (χ0n) is 11.9. The number of esters is 1. The summed E-state index contributed by atoms with van der Waals surface area (Å²) < 4.78 is 6.71. The van der Waals surface area contributed by atoms with Crippen molar-refractivity contribution in [3.63, 3.8) is 0 Å². The van der Waals surface area contributed by atoms with E-state index in [0.29, 0.717) is 18.1 Å². The van der Waals surface area contributed by atoms with Crippen molar-refractivity contribution in [2.24, 2.45) is 5.73 Å². The first-order valence-corrected chi connectivity index (χ1v) is 7.96. The van der Waals surface area contributed by atoms with E-state index in [1.165, 1.54) is 0 Å². The first kappa shape index (κ1) is 15.6. The second-order valence-corrected chi connectivity index (χ2v) is 5.49. The molecule has 0 aliphatic heterocycles. The molecule has 2 rings (SSSR count). The van der Waals surface area contributed by atoms with Gasteiger partial charge in [0.05, 0.1) is 18.0 Å². The van der Waals surface area contributed by atoms with Gasteiger partial charge < -0.3 is 10.5 Å². The van der Waals surface area contributed by atoms with Gasteiger partial charge in [0.2, 0.25) is 0 Å². The van der Waals surface area contributed by atoms with E-state index in [1.807, 2.05) is 47.3 Å². The molecule has 2 aromatic rings. The van der Waals surface area contributed by atoms with Crippen LogP contribution in [0.4, 0.5) is 0 Å². The summed E-state index contributed by atoms with van der Waals surface area (Å²) in [6, 6.07) is 11.3. The Hall–Kier alpha value is -1.79. The number of para-hydroxylation sites is 1. The third kappa shape index (κ3) is 4.61.